The molecule has 5 heteroatoms. The molecule has 0 aliphatic rings. The molecule has 0 aromatic heterocycles. The molecule has 2 N–H and O–H groups in total. The molecular formula is C23H19BrN2O2. The molecule has 0 aliphatic carbocycles. The second-order valence-electron chi connectivity index (χ2n) is 6.26. The lowest BCUT2D eigenvalue weighted by Gasteiger charge is -2.12. The maximum absolute atomic E-state index is 12.9. The molecule has 3 aromatic rings. The Morgan fingerprint density at radius 3 is 2.36 bits per heavy atom. The minimum Gasteiger partial charge on any atom is -0.321 e. The summed E-state index contributed by atoms with van der Waals surface area (Å²) in [6, 6.07) is 23.8. The summed E-state index contributed by atoms with van der Waals surface area (Å²) in [6.45, 7) is 1.95. The number of rotatable bonds is 5. The van der Waals surface area contributed by atoms with Crippen LogP contribution in [0.3, 0.4) is 0 Å². The van der Waals surface area contributed by atoms with E-state index in [1.165, 1.54) is 0 Å². The fourth-order valence-corrected chi connectivity index (χ4v) is 3.04. The molecule has 3 aromatic carbocycles. The van der Waals surface area contributed by atoms with E-state index in [0.717, 1.165) is 15.6 Å². The Morgan fingerprint density at radius 1 is 0.893 bits per heavy atom. The van der Waals surface area contributed by atoms with Crippen molar-refractivity contribution in [3.63, 3.8) is 0 Å². The number of halogens is 1. The zero-order valence-corrected chi connectivity index (χ0v) is 16.9. The lowest BCUT2D eigenvalue weighted by Crippen LogP contribution is -2.30. The minimum atomic E-state index is -0.394. The van der Waals surface area contributed by atoms with Crippen molar-refractivity contribution in [2.24, 2.45) is 0 Å². The fourth-order valence-electron chi connectivity index (χ4n) is 2.63. The molecule has 0 heterocycles. The second kappa shape index (κ2) is 9.15. The second-order valence-corrected chi connectivity index (χ2v) is 7.17. The van der Waals surface area contributed by atoms with Crippen LogP contribution in [-0.2, 0) is 4.79 Å². The van der Waals surface area contributed by atoms with Crippen molar-refractivity contribution in [1.29, 1.82) is 0 Å². The highest BCUT2D eigenvalue weighted by molar-refractivity contribution is 9.10. The molecule has 0 radical (unpaired) electrons. The first-order valence-corrected chi connectivity index (χ1v) is 9.52. The van der Waals surface area contributed by atoms with E-state index in [1.54, 1.807) is 36.4 Å². The maximum Gasteiger partial charge on any atom is 0.272 e. The van der Waals surface area contributed by atoms with Gasteiger partial charge in [0.05, 0.1) is 0 Å². The number of carbonyl (C=O) groups is 2. The van der Waals surface area contributed by atoms with Gasteiger partial charge in [0.1, 0.15) is 5.70 Å². The highest BCUT2D eigenvalue weighted by atomic mass is 79.9. The highest BCUT2D eigenvalue weighted by Crippen LogP contribution is 2.16. The Kier molecular flexibility index (Phi) is 6.40. The van der Waals surface area contributed by atoms with Crippen LogP contribution in [0, 0.1) is 6.92 Å². The Labute approximate surface area is 172 Å². The molecule has 0 bridgehead atoms. The van der Waals surface area contributed by atoms with E-state index >= 15 is 0 Å². The summed E-state index contributed by atoms with van der Waals surface area (Å²) in [6.07, 6.45) is 1.65. The number of nitrogens with one attached hydrogen (secondary N) is 2. The molecule has 0 saturated carbocycles. The van der Waals surface area contributed by atoms with Crippen molar-refractivity contribution in [3.8, 4) is 0 Å². The van der Waals surface area contributed by atoms with Gasteiger partial charge in [0, 0.05) is 15.7 Å². The van der Waals surface area contributed by atoms with Crippen LogP contribution in [0.2, 0.25) is 0 Å². The van der Waals surface area contributed by atoms with Gasteiger partial charge in [-0.2, -0.15) is 0 Å². The van der Waals surface area contributed by atoms with E-state index in [9.17, 15) is 9.59 Å². The minimum absolute atomic E-state index is 0.161. The van der Waals surface area contributed by atoms with Crippen LogP contribution in [0.1, 0.15) is 21.5 Å². The van der Waals surface area contributed by atoms with Crippen molar-refractivity contribution in [1.82, 2.24) is 5.32 Å². The molecule has 2 amide bonds. The van der Waals surface area contributed by atoms with E-state index in [4.69, 9.17) is 0 Å². The lowest BCUT2D eigenvalue weighted by molar-refractivity contribution is -0.113. The van der Waals surface area contributed by atoms with Gasteiger partial charge >= 0.3 is 0 Å². The van der Waals surface area contributed by atoms with Crippen LogP contribution in [0.25, 0.3) is 6.08 Å². The zero-order chi connectivity index (χ0) is 19.9. The van der Waals surface area contributed by atoms with Gasteiger partial charge in [0.25, 0.3) is 11.8 Å². The molecule has 140 valence electrons. The molecule has 28 heavy (non-hydrogen) atoms. The third-order valence-electron chi connectivity index (χ3n) is 3.96. The van der Waals surface area contributed by atoms with Crippen molar-refractivity contribution in [2.45, 2.75) is 6.92 Å². The average Bonchev–Trinajstić information content (AvgIpc) is 2.68. The summed E-state index contributed by atoms with van der Waals surface area (Å²) >= 11 is 3.42. The van der Waals surface area contributed by atoms with Crippen LogP contribution >= 0.6 is 15.9 Å². The summed E-state index contributed by atoms with van der Waals surface area (Å²) in [5.74, 6) is -0.740. The van der Waals surface area contributed by atoms with Gasteiger partial charge in [0.2, 0.25) is 0 Å². The molecule has 0 unspecified atom stereocenters. The topological polar surface area (TPSA) is 58.2 Å². The van der Waals surface area contributed by atoms with Crippen molar-refractivity contribution >= 4 is 39.5 Å². The molecule has 0 saturated heterocycles. The summed E-state index contributed by atoms with van der Waals surface area (Å²) in [4.78, 5) is 25.5. The zero-order valence-electron chi connectivity index (χ0n) is 15.3. The summed E-state index contributed by atoms with van der Waals surface area (Å²) in [5, 5.41) is 5.57. The van der Waals surface area contributed by atoms with Crippen LogP contribution in [-0.4, -0.2) is 11.8 Å². The standard InChI is InChI=1S/C23H19BrN2O2/c1-16-7-5-12-20(13-16)25-23(28)21(15-17-8-6-11-19(24)14-17)26-22(27)18-9-3-2-4-10-18/h2-15H,1H3,(H,25,28)(H,26,27)/b21-15-. The maximum atomic E-state index is 12.9. The first kappa shape index (κ1) is 19.6. The smallest absolute Gasteiger partial charge is 0.272 e. The number of hydrogen-bond donors (Lipinski definition) is 2. The average molecular weight is 435 g/mol. The van der Waals surface area contributed by atoms with E-state index in [2.05, 4.69) is 26.6 Å². The van der Waals surface area contributed by atoms with Gasteiger partial charge in [-0.05, 0) is 60.5 Å². The van der Waals surface area contributed by atoms with Gasteiger partial charge in [0.15, 0.2) is 0 Å². The quantitative estimate of drug-likeness (QED) is 0.544. The summed E-state index contributed by atoms with van der Waals surface area (Å²) in [5.41, 5.74) is 3.12. The van der Waals surface area contributed by atoms with Crippen molar-refractivity contribution in [3.05, 3.63) is 106 Å². The number of carbonyl (C=O) groups excluding carboxylic acids is 2. The number of amides is 2. The van der Waals surface area contributed by atoms with Crippen molar-refractivity contribution in [2.75, 3.05) is 5.32 Å². The largest absolute Gasteiger partial charge is 0.321 e. The van der Waals surface area contributed by atoms with Crippen LogP contribution in [0.4, 0.5) is 5.69 Å². The first-order chi connectivity index (χ1) is 13.5. The van der Waals surface area contributed by atoms with E-state index in [0.29, 0.717) is 11.3 Å². The van der Waals surface area contributed by atoms with E-state index in [1.807, 2.05) is 55.5 Å². The molecule has 0 spiro atoms. The number of hydrogen-bond acceptors (Lipinski definition) is 2. The van der Waals surface area contributed by atoms with Gasteiger partial charge in [-0.15, -0.1) is 0 Å². The molecule has 0 atom stereocenters. The van der Waals surface area contributed by atoms with Crippen LogP contribution in [0.15, 0.2) is 89.0 Å². The van der Waals surface area contributed by atoms with Gasteiger partial charge in [-0.1, -0.05) is 58.4 Å². The number of benzene rings is 3. The van der Waals surface area contributed by atoms with Crippen LogP contribution in [0.5, 0.6) is 0 Å². The normalized spacial score (nSPS) is 11.0. The van der Waals surface area contributed by atoms with Gasteiger partial charge in [-0.25, -0.2) is 0 Å². The monoisotopic (exact) mass is 434 g/mol. The van der Waals surface area contributed by atoms with Gasteiger partial charge in [-0.3, -0.25) is 9.59 Å². The molecule has 3 rings (SSSR count). The van der Waals surface area contributed by atoms with E-state index < -0.39 is 5.91 Å². The Hall–Kier alpha value is -3.18. The highest BCUT2D eigenvalue weighted by Gasteiger charge is 2.15. The fraction of sp³-hybridized carbons (Fsp3) is 0.0435. The predicted octanol–water partition coefficient (Wildman–Crippen LogP) is 5.17. The first-order valence-electron chi connectivity index (χ1n) is 8.73. The van der Waals surface area contributed by atoms with E-state index in [-0.39, 0.29) is 11.6 Å². The summed E-state index contributed by atoms with van der Waals surface area (Å²) < 4.78 is 0.883. The SMILES string of the molecule is Cc1cccc(NC(=O)/C(=C/c2cccc(Br)c2)NC(=O)c2ccccc2)c1. The molecule has 0 aliphatic heterocycles. The predicted molar refractivity (Wildman–Crippen MR) is 116 cm³/mol. The molecule has 0 fully saturated rings. The van der Waals surface area contributed by atoms with Crippen LogP contribution < -0.4 is 10.6 Å². The third-order valence-corrected chi connectivity index (χ3v) is 4.46. The Morgan fingerprint density at radius 2 is 1.64 bits per heavy atom. The number of anilines is 1. The molecule has 4 nitrogen and oxygen atoms in total. The number of aryl methyl sites for hydroxylation is 1. The third kappa shape index (κ3) is 5.41. The van der Waals surface area contributed by atoms with Crippen molar-refractivity contribution < 1.29 is 9.59 Å². The Balaban J connectivity index is 1.89. The lowest BCUT2D eigenvalue weighted by atomic mass is 10.1. The van der Waals surface area contributed by atoms with Gasteiger partial charge < -0.3 is 10.6 Å². The summed E-state index contributed by atoms with van der Waals surface area (Å²) in [7, 11) is 0. The Bertz CT molecular complexity index is 1030. The molecular weight excluding hydrogens is 416 g/mol.